The van der Waals surface area contributed by atoms with Crippen molar-refractivity contribution in [2.75, 3.05) is 6.61 Å². The van der Waals surface area contributed by atoms with Gasteiger partial charge in [0.25, 0.3) is 0 Å². The number of hydrogen-bond donors (Lipinski definition) is 0. The number of carbonyl (C=O) groups excluding carboxylic acids is 1. The van der Waals surface area contributed by atoms with Gasteiger partial charge in [0.1, 0.15) is 6.04 Å². The lowest BCUT2D eigenvalue weighted by Crippen LogP contribution is -2.40. The first kappa shape index (κ1) is 21.5. The Labute approximate surface area is 179 Å². The van der Waals surface area contributed by atoms with Gasteiger partial charge < -0.3 is 4.74 Å². The topological polar surface area (TPSA) is 29.5 Å². The molecule has 30 heavy (non-hydrogen) atoms. The molecule has 154 valence electrons. The van der Waals surface area contributed by atoms with Crippen molar-refractivity contribution in [1.29, 1.82) is 0 Å². The lowest BCUT2D eigenvalue weighted by atomic mass is 10.1. The van der Waals surface area contributed by atoms with E-state index in [9.17, 15) is 4.79 Å². The molecule has 0 spiro atoms. The van der Waals surface area contributed by atoms with Crippen LogP contribution >= 0.6 is 0 Å². The van der Waals surface area contributed by atoms with Crippen LogP contribution in [0.4, 0.5) is 0 Å². The zero-order valence-electron chi connectivity index (χ0n) is 17.7. The van der Waals surface area contributed by atoms with Crippen molar-refractivity contribution in [3.63, 3.8) is 0 Å². The molecule has 3 aromatic rings. The molecule has 0 heterocycles. The number of aryl methyl sites for hydroxylation is 1. The third-order valence-electron chi connectivity index (χ3n) is 4.93. The van der Waals surface area contributed by atoms with Crippen LogP contribution in [0.3, 0.4) is 0 Å². The van der Waals surface area contributed by atoms with Crippen LogP contribution < -0.4 is 0 Å². The Morgan fingerprint density at radius 2 is 1.40 bits per heavy atom. The lowest BCUT2D eigenvalue weighted by Gasteiger charge is -2.28. The largest absolute Gasteiger partial charge is 0.465 e. The minimum atomic E-state index is -0.480. The molecule has 3 heteroatoms. The molecule has 3 rings (SSSR count). The molecule has 0 N–H and O–H groups in total. The van der Waals surface area contributed by atoms with Crippen LogP contribution in [0.15, 0.2) is 91.0 Å². The molecule has 1 unspecified atom stereocenters. The van der Waals surface area contributed by atoms with E-state index in [4.69, 9.17) is 4.74 Å². The van der Waals surface area contributed by atoms with Gasteiger partial charge in [-0.15, -0.1) is 0 Å². The molecule has 0 aliphatic rings. The summed E-state index contributed by atoms with van der Waals surface area (Å²) in [6.45, 7) is 5.57. The van der Waals surface area contributed by atoms with Crippen molar-refractivity contribution in [2.45, 2.75) is 33.0 Å². The Morgan fingerprint density at radius 3 is 1.90 bits per heavy atom. The Kier molecular flexibility index (Phi) is 7.99. The third kappa shape index (κ3) is 6.43. The van der Waals surface area contributed by atoms with Crippen molar-refractivity contribution in [2.24, 2.45) is 0 Å². The SMILES string of the molecule is CCOC(=O)C(/C=C/c1ccc(C)cc1)N(Cc1ccccc1)Cc1ccccc1. The van der Waals surface area contributed by atoms with Gasteiger partial charge in [-0.25, -0.2) is 0 Å². The van der Waals surface area contributed by atoms with Crippen molar-refractivity contribution in [3.8, 4) is 0 Å². The van der Waals surface area contributed by atoms with E-state index >= 15 is 0 Å². The van der Waals surface area contributed by atoms with Crippen LogP contribution in [0.5, 0.6) is 0 Å². The first-order valence-corrected chi connectivity index (χ1v) is 10.4. The normalized spacial score (nSPS) is 12.2. The molecule has 3 nitrogen and oxygen atoms in total. The zero-order valence-corrected chi connectivity index (χ0v) is 17.7. The van der Waals surface area contributed by atoms with Crippen molar-refractivity contribution in [3.05, 3.63) is 113 Å². The summed E-state index contributed by atoms with van der Waals surface area (Å²) >= 11 is 0. The molecule has 0 aromatic heterocycles. The predicted molar refractivity (Wildman–Crippen MR) is 123 cm³/mol. The smallest absolute Gasteiger partial charge is 0.327 e. The Hall–Kier alpha value is -3.17. The van der Waals surface area contributed by atoms with E-state index in [1.807, 2.05) is 55.5 Å². The quantitative estimate of drug-likeness (QED) is 0.436. The fourth-order valence-electron chi connectivity index (χ4n) is 3.35. The summed E-state index contributed by atoms with van der Waals surface area (Å²) in [6.07, 6.45) is 3.96. The molecule has 0 saturated carbocycles. The van der Waals surface area contributed by atoms with Crippen molar-refractivity contribution < 1.29 is 9.53 Å². The Morgan fingerprint density at radius 1 is 0.867 bits per heavy atom. The highest BCUT2D eigenvalue weighted by Gasteiger charge is 2.25. The van der Waals surface area contributed by atoms with Crippen LogP contribution in [-0.2, 0) is 22.6 Å². The Balaban J connectivity index is 1.91. The van der Waals surface area contributed by atoms with Crippen LogP contribution in [0.25, 0.3) is 6.08 Å². The van der Waals surface area contributed by atoms with E-state index in [2.05, 4.69) is 60.4 Å². The van der Waals surface area contributed by atoms with Gasteiger partial charge in [0, 0.05) is 13.1 Å². The van der Waals surface area contributed by atoms with Gasteiger partial charge in [0.2, 0.25) is 0 Å². The summed E-state index contributed by atoms with van der Waals surface area (Å²) in [7, 11) is 0. The summed E-state index contributed by atoms with van der Waals surface area (Å²) < 4.78 is 5.44. The molecule has 3 aromatic carbocycles. The van der Waals surface area contributed by atoms with E-state index in [1.165, 1.54) is 5.56 Å². The van der Waals surface area contributed by atoms with E-state index in [1.54, 1.807) is 0 Å². The number of nitrogens with zero attached hydrogens (tertiary/aromatic N) is 1. The first-order valence-electron chi connectivity index (χ1n) is 10.4. The standard InChI is InChI=1S/C27H29NO2/c1-3-30-27(29)26(19-18-23-16-14-22(2)15-17-23)28(20-24-10-6-4-7-11-24)21-25-12-8-5-9-13-25/h4-19,26H,3,20-21H2,1-2H3/b19-18+. The number of rotatable bonds is 9. The van der Waals surface area contributed by atoms with E-state index < -0.39 is 6.04 Å². The predicted octanol–water partition coefficient (Wildman–Crippen LogP) is 5.64. The molecule has 0 aliphatic carbocycles. The maximum atomic E-state index is 12.9. The fraction of sp³-hybridized carbons (Fsp3) is 0.222. The van der Waals surface area contributed by atoms with Crippen molar-refractivity contribution in [1.82, 2.24) is 4.90 Å². The zero-order chi connectivity index (χ0) is 21.2. The molecule has 0 bridgehead atoms. The highest BCUT2D eigenvalue weighted by molar-refractivity contribution is 5.79. The van der Waals surface area contributed by atoms with Crippen LogP contribution in [-0.4, -0.2) is 23.5 Å². The highest BCUT2D eigenvalue weighted by Crippen LogP contribution is 2.17. The summed E-state index contributed by atoms with van der Waals surface area (Å²) in [4.78, 5) is 15.1. The third-order valence-corrected chi connectivity index (χ3v) is 4.93. The van der Waals surface area contributed by atoms with Gasteiger partial charge in [-0.05, 0) is 30.5 Å². The number of benzene rings is 3. The Bertz CT molecular complexity index is 892. The molecular weight excluding hydrogens is 370 g/mol. The summed E-state index contributed by atoms with van der Waals surface area (Å²) in [5, 5.41) is 0. The van der Waals surface area contributed by atoms with Crippen LogP contribution in [0.2, 0.25) is 0 Å². The molecule has 0 fully saturated rings. The molecule has 1 atom stereocenters. The maximum absolute atomic E-state index is 12.9. The first-order chi connectivity index (χ1) is 14.7. The second-order valence-electron chi connectivity index (χ2n) is 7.34. The average Bonchev–Trinajstić information content (AvgIpc) is 2.77. The van der Waals surface area contributed by atoms with Crippen molar-refractivity contribution >= 4 is 12.0 Å². The summed E-state index contributed by atoms with van der Waals surface area (Å²) in [5.74, 6) is -0.229. The highest BCUT2D eigenvalue weighted by atomic mass is 16.5. The molecule has 0 aliphatic heterocycles. The van der Waals surface area contributed by atoms with Gasteiger partial charge in [0.05, 0.1) is 6.61 Å². The van der Waals surface area contributed by atoms with E-state index in [-0.39, 0.29) is 5.97 Å². The lowest BCUT2D eigenvalue weighted by molar-refractivity contribution is -0.148. The average molecular weight is 400 g/mol. The van der Waals surface area contributed by atoms with Gasteiger partial charge in [-0.1, -0.05) is 103 Å². The second-order valence-corrected chi connectivity index (χ2v) is 7.34. The molecule has 0 radical (unpaired) electrons. The summed E-state index contributed by atoms with van der Waals surface area (Å²) in [5.41, 5.74) is 4.59. The van der Waals surface area contributed by atoms with Gasteiger partial charge in [-0.3, -0.25) is 9.69 Å². The van der Waals surface area contributed by atoms with E-state index in [0.717, 1.165) is 16.7 Å². The summed E-state index contributed by atoms with van der Waals surface area (Å²) in [6, 6.07) is 28.3. The molecular formula is C27H29NO2. The minimum Gasteiger partial charge on any atom is -0.465 e. The number of ether oxygens (including phenoxy) is 1. The van der Waals surface area contributed by atoms with Crippen LogP contribution in [0.1, 0.15) is 29.2 Å². The molecule has 0 saturated heterocycles. The second kappa shape index (κ2) is 11.1. The maximum Gasteiger partial charge on any atom is 0.327 e. The van der Waals surface area contributed by atoms with Gasteiger partial charge >= 0.3 is 5.97 Å². The monoisotopic (exact) mass is 399 g/mol. The number of carbonyl (C=O) groups is 1. The van der Waals surface area contributed by atoms with Gasteiger partial charge in [-0.2, -0.15) is 0 Å². The fourth-order valence-corrected chi connectivity index (χ4v) is 3.35. The van der Waals surface area contributed by atoms with Gasteiger partial charge in [0.15, 0.2) is 0 Å². The molecule has 0 amide bonds. The van der Waals surface area contributed by atoms with Crippen LogP contribution in [0, 0.1) is 6.92 Å². The minimum absolute atomic E-state index is 0.229. The number of hydrogen-bond acceptors (Lipinski definition) is 3. The van der Waals surface area contributed by atoms with E-state index in [0.29, 0.717) is 19.7 Å². The number of esters is 1.